The van der Waals surface area contributed by atoms with Crippen LogP contribution in [0.5, 0.6) is 11.5 Å². The molecule has 8 heteroatoms. The summed E-state index contributed by atoms with van der Waals surface area (Å²) in [5, 5.41) is 0. The minimum absolute atomic E-state index is 0.0137. The molecule has 0 aliphatic carbocycles. The number of rotatable bonds is 9. The molecule has 7 nitrogen and oxygen atoms in total. The molecular weight excluding hydrogens is 392 g/mol. The summed E-state index contributed by atoms with van der Waals surface area (Å²) in [6.45, 7) is 4.52. The topological polar surface area (TPSA) is 76.2 Å². The van der Waals surface area contributed by atoms with E-state index in [-0.39, 0.29) is 22.1 Å². The van der Waals surface area contributed by atoms with Crippen LogP contribution in [0.4, 0.5) is 0 Å². The van der Waals surface area contributed by atoms with Crippen molar-refractivity contribution in [2.75, 3.05) is 34.4 Å². The van der Waals surface area contributed by atoms with Crippen molar-refractivity contribution in [2.45, 2.75) is 25.3 Å². The second-order valence-corrected chi connectivity index (χ2v) is 8.33. The molecular formula is C21H28N2O5S. The number of sulfonamides is 1. The Bertz CT molecular complexity index is 955. The molecule has 1 amide bonds. The van der Waals surface area contributed by atoms with E-state index < -0.39 is 10.0 Å². The van der Waals surface area contributed by atoms with Crippen LogP contribution in [0.3, 0.4) is 0 Å². The van der Waals surface area contributed by atoms with Gasteiger partial charge in [0, 0.05) is 37.8 Å². The number of para-hydroxylation sites is 1. The van der Waals surface area contributed by atoms with Gasteiger partial charge in [-0.1, -0.05) is 32.0 Å². The number of carbonyl (C=O) groups is 1. The maximum Gasteiger partial charge on any atom is 0.253 e. The maximum absolute atomic E-state index is 13.0. The highest BCUT2D eigenvalue weighted by Gasteiger charge is 2.27. The first kappa shape index (κ1) is 22.7. The van der Waals surface area contributed by atoms with Crippen molar-refractivity contribution in [3.63, 3.8) is 0 Å². The lowest BCUT2D eigenvalue weighted by molar-refractivity contribution is 0.0784. The molecule has 0 saturated carbocycles. The molecule has 0 saturated heterocycles. The van der Waals surface area contributed by atoms with Crippen molar-refractivity contribution in [3.05, 3.63) is 53.6 Å². The fourth-order valence-corrected chi connectivity index (χ4v) is 4.73. The van der Waals surface area contributed by atoms with Gasteiger partial charge in [0.05, 0.1) is 14.2 Å². The zero-order chi connectivity index (χ0) is 21.6. The van der Waals surface area contributed by atoms with Gasteiger partial charge in [0.15, 0.2) is 0 Å². The van der Waals surface area contributed by atoms with Crippen molar-refractivity contribution in [1.82, 2.24) is 9.21 Å². The molecule has 0 unspecified atom stereocenters. The molecule has 0 spiro atoms. The van der Waals surface area contributed by atoms with Gasteiger partial charge in [-0.2, -0.15) is 4.31 Å². The van der Waals surface area contributed by atoms with Crippen molar-refractivity contribution < 1.29 is 22.7 Å². The standard InChI is InChI=1S/C21H28N2O5S/c1-6-23(7-2)29(25,26)20-14-16(12-13-19(20)28-5)21(24)22(3)15-17-10-8-9-11-18(17)27-4/h8-14H,6-7,15H2,1-5H3. The fraction of sp³-hybridized carbons (Fsp3) is 0.381. The predicted molar refractivity (Wildman–Crippen MR) is 112 cm³/mol. The second kappa shape index (κ2) is 9.76. The highest BCUT2D eigenvalue weighted by Crippen LogP contribution is 2.28. The van der Waals surface area contributed by atoms with E-state index in [1.807, 2.05) is 24.3 Å². The van der Waals surface area contributed by atoms with Crippen LogP contribution in [-0.2, 0) is 16.6 Å². The van der Waals surface area contributed by atoms with E-state index >= 15 is 0 Å². The fourth-order valence-electron chi connectivity index (χ4n) is 3.10. The van der Waals surface area contributed by atoms with Crippen molar-refractivity contribution >= 4 is 15.9 Å². The van der Waals surface area contributed by atoms with Crippen LogP contribution in [0, 0.1) is 0 Å². The molecule has 2 aromatic carbocycles. The second-order valence-electron chi connectivity index (χ2n) is 6.43. The van der Waals surface area contributed by atoms with Gasteiger partial charge in [-0.3, -0.25) is 4.79 Å². The third-order valence-corrected chi connectivity index (χ3v) is 6.75. The Morgan fingerprint density at radius 1 is 0.966 bits per heavy atom. The monoisotopic (exact) mass is 420 g/mol. The van der Waals surface area contributed by atoms with Gasteiger partial charge in [-0.05, 0) is 24.3 Å². The van der Waals surface area contributed by atoms with Crippen molar-refractivity contribution in [1.29, 1.82) is 0 Å². The van der Waals surface area contributed by atoms with Crippen molar-refractivity contribution in [3.8, 4) is 11.5 Å². The molecule has 0 radical (unpaired) electrons. The number of amides is 1. The molecule has 0 N–H and O–H groups in total. The van der Waals surface area contributed by atoms with Gasteiger partial charge < -0.3 is 14.4 Å². The number of hydrogen-bond acceptors (Lipinski definition) is 5. The summed E-state index contributed by atoms with van der Waals surface area (Å²) in [5.74, 6) is 0.599. The van der Waals surface area contributed by atoms with Crippen LogP contribution in [0.25, 0.3) is 0 Å². The molecule has 158 valence electrons. The molecule has 0 bridgehead atoms. The average molecular weight is 421 g/mol. The average Bonchev–Trinajstić information content (AvgIpc) is 2.73. The Hall–Kier alpha value is -2.58. The van der Waals surface area contributed by atoms with Crippen LogP contribution in [0.15, 0.2) is 47.4 Å². The summed E-state index contributed by atoms with van der Waals surface area (Å²) < 4.78 is 37.9. The van der Waals surface area contributed by atoms with Crippen LogP contribution in [0.2, 0.25) is 0 Å². The number of methoxy groups -OCH3 is 2. The Morgan fingerprint density at radius 2 is 1.59 bits per heavy atom. The van der Waals surface area contributed by atoms with E-state index in [1.165, 1.54) is 28.4 Å². The number of nitrogens with zero attached hydrogens (tertiary/aromatic N) is 2. The first-order valence-electron chi connectivity index (χ1n) is 9.35. The quantitative estimate of drug-likeness (QED) is 0.623. The van der Waals surface area contributed by atoms with Gasteiger partial charge in [0.1, 0.15) is 16.4 Å². The Balaban J connectivity index is 2.38. The normalized spacial score (nSPS) is 11.4. The van der Waals surface area contributed by atoms with E-state index in [9.17, 15) is 13.2 Å². The SMILES string of the molecule is CCN(CC)S(=O)(=O)c1cc(C(=O)N(C)Cc2ccccc2OC)ccc1OC. The predicted octanol–water partition coefficient (Wildman–Crippen LogP) is 3.01. The molecule has 0 aliphatic heterocycles. The van der Waals surface area contributed by atoms with Crippen LogP contribution >= 0.6 is 0 Å². The number of benzene rings is 2. The number of ether oxygens (including phenoxy) is 2. The first-order chi connectivity index (χ1) is 13.8. The summed E-state index contributed by atoms with van der Waals surface area (Å²) in [7, 11) is 0.873. The Labute approximate surface area is 172 Å². The van der Waals surface area contributed by atoms with Crippen LogP contribution < -0.4 is 9.47 Å². The highest BCUT2D eigenvalue weighted by molar-refractivity contribution is 7.89. The van der Waals surface area contributed by atoms with Gasteiger partial charge in [-0.15, -0.1) is 0 Å². The molecule has 2 rings (SSSR count). The lowest BCUT2D eigenvalue weighted by atomic mass is 10.1. The first-order valence-corrected chi connectivity index (χ1v) is 10.8. The van der Waals surface area contributed by atoms with E-state index in [1.54, 1.807) is 34.1 Å². The Kier molecular flexibility index (Phi) is 7.64. The number of carbonyl (C=O) groups excluding carboxylic acids is 1. The van der Waals surface area contributed by atoms with E-state index in [2.05, 4.69) is 0 Å². The Morgan fingerprint density at radius 3 is 2.17 bits per heavy atom. The van der Waals surface area contributed by atoms with E-state index in [0.29, 0.717) is 25.4 Å². The third kappa shape index (κ3) is 4.89. The van der Waals surface area contributed by atoms with E-state index in [4.69, 9.17) is 9.47 Å². The summed E-state index contributed by atoms with van der Waals surface area (Å²) >= 11 is 0. The molecule has 2 aromatic rings. The molecule has 0 aromatic heterocycles. The van der Waals surface area contributed by atoms with Gasteiger partial charge in [-0.25, -0.2) is 8.42 Å². The van der Waals surface area contributed by atoms with Gasteiger partial charge in [0.2, 0.25) is 10.0 Å². The largest absolute Gasteiger partial charge is 0.496 e. The summed E-state index contributed by atoms with van der Waals surface area (Å²) in [6.07, 6.45) is 0. The molecule has 0 aliphatic rings. The van der Waals surface area contributed by atoms with Crippen LogP contribution in [0.1, 0.15) is 29.8 Å². The molecule has 0 fully saturated rings. The smallest absolute Gasteiger partial charge is 0.253 e. The van der Waals surface area contributed by atoms with Gasteiger partial charge in [0.25, 0.3) is 5.91 Å². The third-order valence-electron chi connectivity index (χ3n) is 4.68. The van der Waals surface area contributed by atoms with Gasteiger partial charge >= 0.3 is 0 Å². The molecule has 0 atom stereocenters. The van der Waals surface area contributed by atoms with Crippen molar-refractivity contribution in [2.24, 2.45) is 0 Å². The molecule has 0 heterocycles. The lowest BCUT2D eigenvalue weighted by Crippen LogP contribution is -2.31. The maximum atomic E-state index is 13.0. The minimum atomic E-state index is -3.78. The van der Waals surface area contributed by atoms with Crippen LogP contribution in [-0.4, -0.2) is 57.9 Å². The zero-order valence-electron chi connectivity index (χ0n) is 17.5. The number of hydrogen-bond donors (Lipinski definition) is 0. The summed E-state index contributed by atoms with van der Waals surface area (Å²) in [4.78, 5) is 14.5. The lowest BCUT2D eigenvalue weighted by Gasteiger charge is -2.22. The minimum Gasteiger partial charge on any atom is -0.496 e. The summed E-state index contributed by atoms with van der Waals surface area (Å²) in [5.41, 5.74) is 1.13. The van der Waals surface area contributed by atoms with E-state index in [0.717, 1.165) is 5.56 Å². The summed E-state index contributed by atoms with van der Waals surface area (Å²) in [6, 6.07) is 11.9. The zero-order valence-corrected chi connectivity index (χ0v) is 18.3. The molecule has 29 heavy (non-hydrogen) atoms. The highest BCUT2D eigenvalue weighted by atomic mass is 32.2.